The van der Waals surface area contributed by atoms with E-state index in [-0.39, 0.29) is 24.1 Å². The van der Waals surface area contributed by atoms with Gasteiger partial charge in [-0.3, -0.25) is 14.0 Å². The number of rotatable bonds is 4. The van der Waals surface area contributed by atoms with Crippen molar-refractivity contribution in [3.8, 4) is 0 Å². The molecule has 2 aromatic rings. The quantitative estimate of drug-likeness (QED) is 0.777. The molecule has 3 heterocycles. The predicted octanol–water partition coefficient (Wildman–Crippen LogP) is -0.375. The molecule has 1 aliphatic heterocycles. The van der Waals surface area contributed by atoms with Crippen molar-refractivity contribution in [2.75, 3.05) is 19.3 Å². The smallest absolute Gasteiger partial charge is 0.259 e. The molecule has 0 saturated carbocycles. The van der Waals surface area contributed by atoms with Gasteiger partial charge in [0.25, 0.3) is 5.56 Å². The Morgan fingerprint density at radius 2 is 2.25 bits per heavy atom. The van der Waals surface area contributed by atoms with Gasteiger partial charge in [0, 0.05) is 30.7 Å². The second-order valence-electron chi connectivity index (χ2n) is 5.88. The van der Waals surface area contributed by atoms with Gasteiger partial charge in [0.1, 0.15) is 0 Å². The largest absolute Gasteiger partial charge is 0.333 e. The molecule has 10 heteroatoms. The highest BCUT2D eigenvalue weighted by atomic mass is 32.2. The van der Waals surface area contributed by atoms with Gasteiger partial charge in [0.2, 0.25) is 21.7 Å². The molecular weight excluding hydrogens is 334 g/mol. The summed E-state index contributed by atoms with van der Waals surface area (Å²) in [4.78, 5) is 33.4. The zero-order valence-electron chi connectivity index (χ0n) is 13.2. The number of H-pyrrole nitrogens is 1. The van der Waals surface area contributed by atoms with E-state index < -0.39 is 10.0 Å². The molecule has 0 spiro atoms. The number of hydrogen-bond acceptors (Lipinski definition) is 5. The van der Waals surface area contributed by atoms with E-state index in [1.165, 1.54) is 16.7 Å². The van der Waals surface area contributed by atoms with E-state index in [2.05, 4.69) is 14.7 Å². The van der Waals surface area contributed by atoms with Crippen molar-refractivity contribution in [3.05, 3.63) is 34.5 Å². The Labute approximate surface area is 138 Å². The molecule has 0 aliphatic carbocycles. The number of piperidine rings is 1. The maximum atomic E-state index is 12.4. The fourth-order valence-electron chi connectivity index (χ4n) is 2.97. The van der Waals surface area contributed by atoms with Gasteiger partial charge in [-0.05, 0) is 19.3 Å². The van der Waals surface area contributed by atoms with E-state index in [1.807, 2.05) is 0 Å². The van der Waals surface area contributed by atoms with E-state index >= 15 is 0 Å². The van der Waals surface area contributed by atoms with Crippen LogP contribution >= 0.6 is 0 Å². The summed E-state index contributed by atoms with van der Waals surface area (Å²) in [6, 6.07) is 1.18. The van der Waals surface area contributed by atoms with E-state index in [0.29, 0.717) is 24.4 Å². The number of sulfonamides is 1. The number of nitrogens with zero attached hydrogens (tertiary/aromatic N) is 3. The van der Waals surface area contributed by atoms with Crippen LogP contribution in [0.3, 0.4) is 0 Å². The molecule has 0 aromatic carbocycles. The number of likely N-dealkylation sites (tertiary alicyclic amines) is 1. The normalized spacial score (nSPS) is 18.9. The number of imidazole rings is 1. The average molecular weight is 353 g/mol. The molecule has 2 N–H and O–H groups in total. The third kappa shape index (κ3) is 3.49. The maximum Gasteiger partial charge on any atom is 0.259 e. The Balaban J connectivity index is 1.88. The van der Waals surface area contributed by atoms with Crippen molar-refractivity contribution >= 4 is 21.7 Å². The Hall–Kier alpha value is -2.20. The highest BCUT2D eigenvalue weighted by Gasteiger charge is 2.29. The maximum absolute atomic E-state index is 12.4. The Morgan fingerprint density at radius 3 is 3.00 bits per heavy atom. The molecule has 0 unspecified atom stereocenters. The topological polar surface area (TPSA) is 117 Å². The number of nitrogens with one attached hydrogen (secondary N) is 2. The predicted molar refractivity (Wildman–Crippen MR) is 87.0 cm³/mol. The van der Waals surface area contributed by atoms with Crippen LogP contribution in [-0.2, 0) is 14.8 Å². The summed E-state index contributed by atoms with van der Waals surface area (Å²) in [6.07, 6.45) is 6.58. The third-order valence-corrected chi connectivity index (χ3v) is 4.75. The molecule has 2 aromatic heterocycles. The number of carbonyl (C=O) groups is 1. The van der Waals surface area contributed by atoms with Crippen LogP contribution in [0.2, 0.25) is 0 Å². The van der Waals surface area contributed by atoms with Gasteiger partial charge in [0.15, 0.2) is 0 Å². The standard InChI is InChI=1S/C14H19N5O4S/c1-24(22,23)16-9-13(21)18-6-3-2-4-11(18)10-8-12(20)19-7-5-15-14(19)17-10/h5,7-8,11,16H,2-4,6,9H2,1H3,(H,15,17)/t11-/m1/s1. The number of carbonyl (C=O) groups excluding carboxylic acids is 1. The Morgan fingerprint density at radius 1 is 1.46 bits per heavy atom. The van der Waals surface area contributed by atoms with E-state index in [0.717, 1.165) is 19.1 Å². The lowest BCUT2D eigenvalue weighted by Gasteiger charge is -2.35. The zero-order chi connectivity index (χ0) is 17.3. The number of aromatic amines is 1. The minimum Gasteiger partial charge on any atom is -0.333 e. The second kappa shape index (κ2) is 6.36. The van der Waals surface area contributed by atoms with Gasteiger partial charge < -0.3 is 9.88 Å². The third-order valence-electron chi connectivity index (χ3n) is 4.08. The van der Waals surface area contributed by atoms with Crippen LogP contribution in [0.4, 0.5) is 0 Å². The minimum atomic E-state index is -3.44. The van der Waals surface area contributed by atoms with Crippen LogP contribution in [0.25, 0.3) is 5.78 Å². The van der Waals surface area contributed by atoms with Crippen LogP contribution in [0.5, 0.6) is 0 Å². The van der Waals surface area contributed by atoms with Gasteiger partial charge >= 0.3 is 0 Å². The summed E-state index contributed by atoms with van der Waals surface area (Å²) < 4.78 is 26.0. The fraction of sp³-hybridized carbons (Fsp3) is 0.500. The average Bonchev–Trinajstić information content (AvgIpc) is 3.01. The van der Waals surface area contributed by atoms with Crippen molar-refractivity contribution < 1.29 is 13.2 Å². The van der Waals surface area contributed by atoms with Gasteiger partial charge in [-0.25, -0.2) is 18.1 Å². The van der Waals surface area contributed by atoms with Gasteiger partial charge in [-0.1, -0.05) is 0 Å². The summed E-state index contributed by atoms with van der Waals surface area (Å²) in [6.45, 7) is 0.238. The van der Waals surface area contributed by atoms with Gasteiger partial charge in [-0.15, -0.1) is 0 Å². The molecule has 1 amide bonds. The summed E-state index contributed by atoms with van der Waals surface area (Å²) >= 11 is 0. The molecule has 1 fully saturated rings. The molecular formula is C14H19N5O4S. The van der Waals surface area contributed by atoms with Gasteiger partial charge in [-0.2, -0.15) is 0 Å². The molecule has 3 rings (SSSR count). The Bertz CT molecular complexity index is 917. The molecule has 0 radical (unpaired) electrons. The summed E-state index contributed by atoms with van der Waals surface area (Å²) in [5.41, 5.74) is 0.398. The first-order chi connectivity index (χ1) is 11.3. The van der Waals surface area contributed by atoms with Crippen LogP contribution in [0, 0.1) is 0 Å². The van der Waals surface area contributed by atoms with Crippen molar-refractivity contribution in [2.45, 2.75) is 25.3 Å². The fourth-order valence-corrected chi connectivity index (χ4v) is 3.35. The summed E-state index contributed by atoms with van der Waals surface area (Å²) in [5.74, 6) is 0.110. The van der Waals surface area contributed by atoms with Crippen molar-refractivity contribution in [1.29, 1.82) is 0 Å². The molecule has 1 saturated heterocycles. The van der Waals surface area contributed by atoms with Crippen molar-refractivity contribution in [3.63, 3.8) is 0 Å². The Kier molecular flexibility index (Phi) is 4.41. The molecule has 1 aliphatic rings. The number of hydrogen-bond donors (Lipinski definition) is 2. The highest BCUT2D eigenvalue weighted by molar-refractivity contribution is 7.88. The van der Waals surface area contributed by atoms with Crippen LogP contribution in [0.1, 0.15) is 31.0 Å². The van der Waals surface area contributed by atoms with Gasteiger partial charge in [0.05, 0.1) is 18.8 Å². The van der Waals surface area contributed by atoms with E-state index in [4.69, 9.17) is 0 Å². The summed E-state index contributed by atoms with van der Waals surface area (Å²) in [7, 11) is -3.44. The zero-order valence-corrected chi connectivity index (χ0v) is 14.0. The minimum absolute atomic E-state index is 0.219. The van der Waals surface area contributed by atoms with E-state index in [1.54, 1.807) is 11.1 Å². The van der Waals surface area contributed by atoms with Crippen LogP contribution < -0.4 is 10.3 Å². The number of aromatic nitrogens is 3. The lowest BCUT2D eigenvalue weighted by atomic mass is 9.99. The lowest BCUT2D eigenvalue weighted by Crippen LogP contribution is -2.44. The number of amides is 1. The lowest BCUT2D eigenvalue weighted by molar-refractivity contribution is -0.133. The van der Waals surface area contributed by atoms with Crippen LogP contribution in [0.15, 0.2) is 23.3 Å². The van der Waals surface area contributed by atoms with E-state index in [9.17, 15) is 18.0 Å². The number of fused-ring (bicyclic) bond motifs is 1. The molecule has 130 valence electrons. The highest BCUT2D eigenvalue weighted by Crippen LogP contribution is 2.29. The monoisotopic (exact) mass is 353 g/mol. The molecule has 9 nitrogen and oxygen atoms in total. The first-order valence-corrected chi connectivity index (χ1v) is 9.55. The van der Waals surface area contributed by atoms with Crippen molar-refractivity contribution in [2.24, 2.45) is 0 Å². The van der Waals surface area contributed by atoms with Crippen molar-refractivity contribution in [1.82, 2.24) is 24.0 Å². The molecule has 1 atom stereocenters. The molecule has 24 heavy (non-hydrogen) atoms. The first-order valence-electron chi connectivity index (χ1n) is 7.65. The second-order valence-corrected chi connectivity index (χ2v) is 7.71. The molecule has 0 bridgehead atoms. The SMILES string of the molecule is CS(=O)(=O)NCC(=O)N1CCCC[C@@H]1c1cc(=O)n2ccnc2[nH]1. The first kappa shape index (κ1) is 16.7. The van der Waals surface area contributed by atoms with Crippen LogP contribution in [-0.4, -0.2) is 52.9 Å². The summed E-state index contributed by atoms with van der Waals surface area (Å²) in [5, 5.41) is 0.